The second-order valence-electron chi connectivity index (χ2n) is 4.09. The zero-order valence-electron chi connectivity index (χ0n) is 9.19. The van der Waals surface area contributed by atoms with Gasteiger partial charge in [-0.25, -0.2) is 4.79 Å². The average molecular weight is 225 g/mol. The average Bonchev–Trinajstić information content (AvgIpc) is 2.55. The van der Waals surface area contributed by atoms with Gasteiger partial charge in [0.2, 0.25) is 6.41 Å². The lowest BCUT2D eigenvalue weighted by Gasteiger charge is -2.25. The molecule has 5 nitrogen and oxygen atoms in total. The van der Waals surface area contributed by atoms with Gasteiger partial charge >= 0.3 is 5.97 Å². The Morgan fingerprint density at radius 1 is 1.44 bits per heavy atom. The fourth-order valence-electron chi connectivity index (χ4n) is 2.57. The number of esters is 1. The van der Waals surface area contributed by atoms with Crippen LogP contribution in [0, 0.1) is 11.8 Å². The summed E-state index contributed by atoms with van der Waals surface area (Å²) in [6, 6.07) is 0. The first-order chi connectivity index (χ1) is 7.77. The van der Waals surface area contributed by atoms with Crippen LogP contribution < -0.4 is 5.32 Å². The van der Waals surface area contributed by atoms with E-state index in [2.05, 4.69) is 10.1 Å². The smallest absolute Gasteiger partial charge is 0.354 e. The summed E-state index contributed by atoms with van der Waals surface area (Å²) in [5.74, 6) is 0.0292. The van der Waals surface area contributed by atoms with Crippen LogP contribution in [-0.2, 0) is 19.1 Å². The van der Waals surface area contributed by atoms with Gasteiger partial charge in [-0.1, -0.05) is 0 Å². The summed E-state index contributed by atoms with van der Waals surface area (Å²) < 4.78 is 10.1. The molecular formula is C11H15NO4. The minimum atomic E-state index is -0.471. The Morgan fingerprint density at radius 3 is 2.56 bits per heavy atom. The molecule has 16 heavy (non-hydrogen) atoms. The van der Waals surface area contributed by atoms with Crippen molar-refractivity contribution in [2.45, 2.75) is 12.8 Å². The number of hydrogen-bond donors (Lipinski definition) is 1. The second kappa shape index (κ2) is 4.65. The maximum atomic E-state index is 11.6. The van der Waals surface area contributed by atoms with E-state index in [1.165, 1.54) is 7.11 Å². The molecule has 1 heterocycles. The molecule has 2 rings (SSSR count). The molecule has 1 saturated carbocycles. The lowest BCUT2D eigenvalue weighted by atomic mass is 9.93. The van der Waals surface area contributed by atoms with Crippen molar-refractivity contribution in [2.24, 2.45) is 11.8 Å². The van der Waals surface area contributed by atoms with Crippen LogP contribution >= 0.6 is 0 Å². The highest BCUT2D eigenvalue weighted by molar-refractivity contribution is 5.91. The van der Waals surface area contributed by atoms with Crippen molar-refractivity contribution in [3.05, 3.63) is 11.3 Å². The van der Waals surface area contributed by atoms with Gasteiger partial charge in [-0.3, -0.25) is 4.79 Å². The monoisotopic (exact) mass is 225 g/mol. The zero-order valence-corrected chi connectivity index (χ0v) is 9.19. The third kappa shape index (κ3) is 1.82. The van der Waals surface area contributed by atoms with Crippen molar-refractivity contribution >= 4 is 12.4 Å². The molecule has 1 amide bonds. The Morgan fingerprint density at radius 2 is 2.06 bits per heavy atom. The SMILES string of the molecule is COC(=O)C(NC=O)=C1C2CCC1COC2. The van der Waals surface area contributed by atoms with Gasteiger partial charge in [0, 0.05) is 11.8 Å². The van der Waals surface area contributed by atoms with E-state index in [0.717, 1.165) is 18.4 Å². The maximum Gasteiger partial charge on any atom is 0.354 e. The second-order valence-corrected chi connectivity index (χ2v) is 4.09. The maximum absolute atomic E-state index is 11.6. The van der Waals surface area contributed by atoms with Gasteiger partial charge in [0.05, 0.1) is 20.3 Å². The third-order valence-corrected chi connectivity index (χ3v) is 3.26. The van der Waals surface area contributed by atoms with E-state index in [-0.39, 0.29) is 11.8 Å². The highest BCUT2D eigenvalue weighted by Gasteiger charge is 2.38. The first-order valence-corrected chi connectivity index (χ1v) is 5.38. The summed E-state index contributed by atoms with van der Waals surface area (Å²) >= 11 is 0. The van der Waals surface area contributed by atoms with Crippen LogP contribution in [0.2, 0.25) is 0 Å². The molecule has 88 valence electrons. The van der Waals surface area contributed by atoms with Gasteiger partial charge in [-0.2, -0.15) is 0 Å². The van der Waals surface area contributed by atoms with Crippen LogP contribution in [0.1, 0.15) is 12.8 Å². The number of carbonyl (C=O) groups is 2. The highest BCUT2D eigenvalue weighted by Crippen LogP contribution is 2.41. The minimum Gasteiger partial charge on any atom is -0.464 e. The largest absolute Gasteiger partial charge is 0.464 e. The number of amides is 1. The summed E-state index contributed by atoms with van der Waals surface area (Å²) in [6.45, 7) is 1.26. The van der Waals surface area contributed by atoms with E-state index in [0.29, 0.717) is 25.3 Å². The minimum absolute atomic E-state index is 0.250. The first kappa shape index (κ1) is 11.1. The van der Waals surface area contributed by atoms with Crippen LogP contribution in [0.25, 0.3) is 0 Å². The van der Waals surface area contributed by atoms with Crippen LogP contribution in [0.5, 0.6) is 0 Å². The van der Waals surface area contributed by atoms with Crippen LogP contribution in [0.15, 0.2) is 11.3 Å². The predicted molar refractivity (Wildman–Crippen MR) is 55.3 cm³/mol. The Hall–Kier alpha value is -1.36. The molecular weight excluding hydrogens is 210 g/mol. The normalized spacial score (nSPS) is 27.4. The van der Waals surface area contributed by atoms with Crippen molar-refractivity contribution in [3.8, 4) is 0 Å². The standard InChI is InChI=1S/C11H15NO4/c1-15-11(14)10(12-6-13)9-7-2-3-8(9)5-16-4-7/h6-8H,2-5H2,1H3,(H,12,13). The van der Waals surface area contributed by atoms with E-state index in [1.54, 1.807) is 0 Å². The van der Waals surface area contributed by atoms with Crippen LogP contribution in [-0.4, -0.2) is 32.7 Å². The molecule has 2 bridgehead atoms. The molecule has 0 aromatic carbocycles. The van der Waals surface area contributed by atoms with Crippen molar-refractivity contribution in [3.63, 3.8) is 0 Å². The van der Waals surface area contributed by atoms with Crippen LogP contribution in [0.3, 0.4) is 0 Å². The molecule has 2 aliphatic rings. The Balaban J connectivity index is 2.34. The zero-order chi connectivity index (χ0) is 11.5. The van der Waals surface area contributed by atoms with Gasteiger partial charge < -0.3 is 14.8 Å². The van der Waals surface area contributed by atoms with E-state index >= 15 is 0 Å². The van der Waals surface area contributed by atoms with Gasteiger partial charge in [0.15, 0.2) is 0 Å². The number of rotatable bonds is 3. The quantitative estimate of drug-likeness (QED) is 0.424. The fourth-order valence-corrected chi connectivity index (χ4v) is 2.57. The fraction of sp³-hybridized carbons (Fsp3) is 0.636. The molecule has 2 atom stereocenters. The number of ether oxygens (including phenoxy) is 2. The van der Waals surface area contributed by atoms with Crippen molar-refractivity contribution < 1.29 is 19.1 Å². The van der Waals surface area contributed by atoms with E-state index < -0.39 is 5.97 Å². The molecule has 1 saturated heterocycles. The van der Waals surface area contributed by atoms with Crippen LogP contribution in [0.4, 0.5) is 0 Å². The van der Waals surface area contributed by atoms with Gasteiger partial charge in [0.1, 0.15) is 5.70 Å². The third-order valence-electron chi connectivity index (χ3n) is 3.26. The molecule has 0 aromatic heterocycles. The number of carbonyl (C=O) groups excluding carboxylic acids is 2. The molecule has 1 aliphatic carbocycles. The number of methoxy groups -OCH3 is 1. The van der Waals surface area contributed by atoms with Crippen molar-refractivity contribution in [1.29, 1.82) is 0 Å². The van der Waals surface area contributed by atoms with E-state index in [4.69, 9.17) is 4.74 Å². The van der Waals surface area contributed by atoms with Gasteiger partial charge in [-0.15, -0.1) is 0 Å². The van der Waals surface area contributed by atoms with E-state index in [1.807, 2.05) is 0 Å². The summed E-state index contributed by atoms with van der Waals surface area (Å²) in [6.07, 6.45) is 2.55. The molecule has 1 N–H and O–H groups in total. The Labute approximate surface area is 93.8 Å². The topological polar surface area (TPSA) is 64.6 Å². The molecule has 0 spiro atoms. The number of fused-ring (bicyclic) bond motifs is 2. The lowest BCUT2D eigenvalue weighted by molar-refractivity contribution is -0.137. The molecule has 5 heteroatoms. The summed E-state index contributed by atoms with van der Waals surface area (Å²) in [7, 11) is 1.32. The lowest BCUT2D eigenvalue weighted by Crippen LogP contribution is -2.30. The highest BCUT2D eigenvalue weighted by atomic mass is 16.5. The van der Waals surface area contributed by atoms with Crippen molar-refractivity contribution in [2.75, 3.05) is 20.3 Å². The summed E-state index contributed by atoms with van der Waals surface area (Å²) in [4.78, 5) is 22.1. The molecule has 2 unspecified atom stereocenters. The molecule has 2 fully saturated rings. The predicted octanol–water partition coefficient (Wildman–Crippen LogP) is 0.216. The number of hydrogen-bond acceptors (Lipinski definition) is 4. The Kier molecular flexibility index (Phi) is 3.24. The molecule has 1 aliphatic heterocycles. The molecule has 0 radical (unpaired) electrons. The van der Waals surface area contributed by atoms with Crippen molar-refractivity contribution in [1.82, 2.24) is 5.32 Å². The van der Waals surface area contributed by atoms with E-state index in [9.17, 15) is 9.59 Å². The first-order valence-electron chi connectivity index (χ1n) is 5.38. The summed E-state index contributed by atoms with van der Waals surface area (Å²) in [5.41, 5.74) is 1.32. The van der Waals surface area contributed by atoms with Gasteiger partial charge in [-0.05, 0) is 18.4 Å². The number of nitrogens with one attached hydrogen (secondary N) is 1. The van der Waals surface area contributed by atoms with Gasteiger partial charge in [0.25, 0.3) is 0 Å². The Bertz CT molecular complexity index is 319. The molecule has 0 aromatic rings. The summed E-state index contributed by atoms with van der Waals surface area (Å²) in [5, 5.41) is 2.47.